The molecular formula is C23H28N2O4. The van der Waals surface area contributed by atoms with Gasteiger partial charge in [0.05, 0.1) is 0 Å². The van der Waals surface area contributed by atoms with Gasteiger partial charge in [-0.1, -0.05) is 62.4 Å². The molecule has 0 heterocycles. The third kappa shape index (κ3) is 6.75. The number of carboxylic acid groups (broad SMARTS) is 1. The van der Waals surface area contributed by atoms with Crippen molar-refractivity contribution in [2.75, 3.05) is 0 Å². The molecule has 0 aromatic heterocycles. The van der Waals surface area contributed by atoms with E-state index in [0.29, 0.717) is 12.0 Å². The van der Waals surface area contributed by atoms with E-state index in [1.54, 1.807) is 12.1 Å². The van der Waals surface area contributed by atoms with Crippen LogP contribution in [0, 0.1) is 12.8 Å². The molecule has 0 aliphatic carbocycles. The van der Waals surface area contributed by atoms with Gasteiger partial charge in [-0.15, -0.1) is 0 Å². The maximum atomic E-state index is 12.8. The van der Waals surface area contributed by atoms with Crippen LogP contribution in [0.3, 0.4) is 0 Å². The summed E-state index contributed by atoms with van der Waals surface area (Å²) in [6.45, 7) is 5.71. The fourth-order valence-electron chi connectivity index (χ4n) is 3.09. The van der Waals surface area contributed by atoms with Crippen LogP contribution in [-0.4, -0.2) is 35.0 Å². The summed E-state index contributed by atoms with van der Waals surface area (Å²) in [7, 11) is 0. The Labute approximate surface area is 171 Å². The molecule has 0 radical (unpaired) electrons. The highest BCUT2D eigenvalue weighted by Gasteiger charge is 2.27. The summed E-state index contributed by atoms with van der Waals surface area (Å²) in [6, 6.07) is 14.3. The average Bonchev–Trinajstić information content (AvgIpc) is 2.67. The van der Waals surface area contributed by atoms with Crippen LogP contribution in [0.15, 0.2) is 54.6 Å². The van der Waals surface area contributed by atoms with Crippen molar-refractivity contribution in [3.05, 3.63) is 71.3 Å². The van der Waals surface area contributed by atoms with Gasteiger partial charge in [-0.05, 0) is 36.5 Å². The molecule has 0 bridgehead atoms. The molecule has 0 aliphatic rings. The normalized spacial score (nSPS) is 12.8. The Balaban J connectivity index is 2.13. The number of benzene rings is 2. The highest BCUT2D eigenvalue weighted by atomic mass is 16.4. The van der Waals surface area contributed by atoms with Gasteiger partial charge in [0.25, 0.3) is 5.91 Å². The molecule has 29 heavy (non-hydrogen) atoms. The molecule has 0 aliphatic heterocycles. The molecule has 0 fully saturated rings. The molecule has 0 spiro atoms. The molecule has 6 nitrogen and oxygen atoms in total. The summed E-state index contributed by atoms with van der Waals surface area (Å²) in [6.07, 6.45) is 0.573. The fraction of sp³-hybridized carbons (Fsp3) is 0.348. The number of carboxylic acids is 1. The predicted molar refractivity (Wildman–Crippen MR) is 112 cm³/mol. The van der Waals surface area contributed by atoms with Crippen LogP contribution in [-0.2, 0) is 16.0 Å². The smallest absolute Gasteiger partial charge is 0.326 e. The maximum Gasteiger partial charge on any atom is 0.326 e. The minimum Gasteiger partial charge on any atom is -0.480 e. The maximum absolute atomic E-state index is 12.8. The van der Waals surface area contributed by atoms with Crippen molar-refractivity contribution in [3.8, 4) is 0 Å². The second-order valence-corrected chi connectivity index (χ2v) is 7.56. The molecule has 6 heteroatoms. The minimum absolute atomic E-state index is 0.139. The van der Waals surface area contributed by atoms with Gasteiger partial charge in [0.15, 0.2) is 0 Å². The van der Waals surface area contributed by atoms with E-state index in [-0.39, 0.29) is 18.2 Å². The molecule has 2 aromatic rings. The number of carbonyl (C=O) groups is 3. The summed E-state index contributed by atoms with van der Waals surface area (Å²) in [5.41, 5.74) is 2.11. The van der Waals surface area contributed by atoms with Crippen molar-refractivity contribution in [3.63, 3.8) is 0 Å². The van der Waals surface area contributed by atoms with Crippen molar-refractivity contribution in [1.82, 2.24) is 10.6 Å². The standard InChI is InChI=1S/C23H28N2O4/c1-15(2)13-19(24-21(26)18-12-8-7-9-16(18)3)22(27)25-20(23(28)29)14-17-10-5-4-6-11-17/h4-12,15,19-20H,13-14H2,1-3H3,(H,24,26)(H,25,27)(H,28,29). The number of rotatable bonds is 9. The lowest BCUT2D eigenvalue weighted by Gasteiger charge is -2.23. The number of carbonyl (C=O) groups excluding carboxylic acids is 2. The van der Waals surface area contributed by atoms with E-state index >= 15 is 0 Å². The molecule has 2 rings (SSSR count). The van der Waals surface area contributed by atoms with E-state index in [9.17, 15) is 19.5 Å². The van der Waals surface area contributed by atoms with E-state index < -0.39 is 24.0 Å². The first-order valence-electron chi connectivity index (χ1n) is 9.71. The van der Waals surface area contributed by atoms with E-state index in [4.69, 9.17) is 0 Å². The van der Waals surface area contributed by atoms with Crippen LogP contribution in [0.5, 0.6) is 0 Å². The van der Waals surface area contributed by atoms with Crippen LogP contribution in [0.25, 0.3) is 0 Å². The van der Waals surface area contributed by atoms with Gasteiger partial charge in [-0.3, -0.25) is 9.59 Å². The van der Waals surface area contributed by atoms with Crippen molar-refractivity contribution < 1.29 is 19.5 Å². The summed E-state index contributed by atoms with van der Waals surface area (Å²) in [5.74, 6) is -1.82. The number of hydrogen-bond acceptors (Lipinski definition) is 3. The predicted octanol–water partition coefficient (Wildman–Crippen LogP) is 2.95. The summed E-state index contributed by atoms with van der Waals surface area (Å²) in [5, 5.41) is 14.9. The summed E-state index contributed by atoms with van der Waals surface area (Å²) >= 11 is 0. The zero-order chi connectivity index (χ0) is 21.4. The zero-order valence-corrected chi connectivity index (χ0v) is 17.0. The van der Waals surface area contributed by atoms with E-state index in [1.807, 2.05) is 63.2 Å². The second kappa shape index (κ2) is 10.4. The molecule has 2 atom stereocenters. The third-order valence-electron chi connectivity index (χ3n) is 4.62. The molecular weight excluding hydrogens is 368 g/mol. The lowest BCUT2D eigenvalue weighted by atomic mass is 10.0. The Bertz CT molecular complexity index is 849. The Morgan fingerprint density at radius 3 is 2.10 bits per heavy atom. The first kappa shape index (κ1) is 22.1. The molecule has 154 valence electrons. The molecule has 0 saturated heterocycles. The number of hydrogen-bond donors (Lipinski definition) is 3. The first-order chi connectivity index (χ1) is 13.8. The first-order valence-corrected chi connectivity index (χ1v) is 9.71. The minimum atomic E-state index is -1.12. The molecule has 2 unspecified atom stereocenters. The monoisotopic (exact) mass is 396 g/mol. The van der Waals surface area contributed by atoms with E-state index in [0.717, 1.165) is 11.1 Å². The quantitative estimate of drug-likeness (QED) is 0.607. The number of aryl methyl sites for hydroxylation is 1. The largest absolute Gasteiger partial charge is 0.480 e. The van der Waals surface area contributed by atoms with Gasteiger partial charge in [-0.2, -0.15) is 0 Å². The number of aliphatic carboxylic acids is 1. The van der Waals surface area contributed by atoms with Crippen LogP contribution in [0.4, 0.5) is 0 Å². The fourth-order valence-corrected chi connectivity index (χ4v) is 3.09. The molecule has 0 saturated carbocycles. The van der Waals surface area contributed by atoms with Gasteiger partial charge in [0.2, 0.25) is 5.91 Å². The number of nitrogens with one attached hydrogen (secondary N) is 2. The van der Waals surface area contributed by atoms with Gasteiger partial charge in [0, 0.05) is 12.0 Å². The highest BCUT2D eigenvalue weighted by Crippen LogP contribution is 2.11. The van der Waals surface area contributed by atoms with Crippen molar-refractivity contribution in [2.45, 2.75) is 45.7 Å². The van der Waals surface area contributed by atoms with E-state index in [1.165, 1.54) is 0 Å². The van der Waals surface area contributed by atoms with Gasteiger partial charge in [0.1, 0.15) is 12.1 Å². The molecule has 2 amide bonds. The molecule has 2 aromatic carbocycles. The topological polar surface area (TPSA) is 95.5 Å². The Kier molecular flexibility index (Phi) is 7.95. The van der Waals surface area contributed by atoms with E-state index in [2.05, 4.69) is 10.6 Å². The number of amides is 2. The van der Waals surface area contributed by atoms with Crippen LogP contribution in [0.1, 0.15) is 41.8 Å². The van der Waals surface area contributed by atoms with Crippen LogP contribution >= 0.6 is 0 Å². The summed E-state index contributed by atoms with van der Waals surface area (Å²) in [4.78, 5) is 37.2. The van der Waals surface area contributed by atoms with Crippen LogP contribution < -0.4 is 10.6 Å². The van der Waals surface area contributed by atoms with Crippen LogP contribution in [0.2, 0.25) is 0 Å². The lowest BCUT2D eigenvalue weighted by Crippen LogP contribution is -2.52. The lowest BCUT2D eigenvalue weighted by molar-refractivity contribution is -0.142. The average molecular weight is 396 g/mol. The van der Waals surface area contributed by atoms with Crippen molar-refractivity contribution in [2.24, 2.45) is 5.92 Å². The second-order valence-electron chi connectivity index (χ2n) is 7.56. The Morgan fingerprint density at radius 2 is 1.52 bits per heavy atom. The Morgan fingerprint density at radius 1 is 0.897 bits per heavy atom. The third-order valence-corrected chi connectivity index (χ3v) is 4.62. The SMILES string of the molecule is Cc1ccccc1C(=O)NC(CC(C)C)C(=O)NC(Cc1ccccc1)C(=O)O. The van der Waals surface area contributed by atoms with Crippen molar-refractivity contribution in [1.29, 1.82) is 0 Å². The highest BCUT2D eigenvalue weighted by molar-refractivity contribution is 5.99. The molecule has 3 N–H and O–H groups in total. The van der Waals surface area contributed by atoms with Gasteiger partial charge >= 0.3 is 5.97 Å². The van der Waals surface area contributed by atoms with Gasteiger partial charge in [-0.25, -0.2) is 4.79 Å². The Hall–Kier alpha value is -3.15. The van der Waals surface area contributed by atoms with Crippen molar-refractivity contribution >= 4 is 17.8 Å². The summed E-state index contributed by atoms with van der Waals surface area (Å²) < 4.78 is 0. The van der Waals surface area contributed by atoms with Gasteiger partial charge < -0.3 is 15.7 Å². The zero-order valence-electron chi connectivity index (χ0n) is 17.0.